The van der Waals surface area contributed by atoms with Gasteiger partial charge >= 0.3 is 0 Å². The van der Waals surface area contributed by atoms with Crippen LogP contribution in [0.3, 0.4) is 0 Å². The summed E-state index contributed by atoms with van der Waals surface area (Å²) in [6, 6.07) is 4.96. The molecule has 98 valence electrons. The first kappa shape index (κ1) is 13.4. The number of carbonyl (C=O) groups is 1. The maximum Gasteiger partial charge on any atom is 0.152 e. The van der Waals surface area contributed by atoms with Crippen LogP contribution in [-0.4, -0.2) is 39.3 Å². The number of hydrogen-bond donors (Lipinski definition) is 0. The average Bonchev–Trinajstić information content (AvgIpc) is 2.68. The molecule has 0 bridgehead atoms. The van der Waals surface area contributed by atoms with Gasteiger partial charge in [0, 0.05) is 18.7 Å². The van der Waals surface area contributed by atoms with E-state index in [1.807, 2.05) is 11.9 Å². The minimum atomic E-state index is -2.92. The van der Waals surface area contributed by atoms with Gasteiger partial charge in [-0.1, -0.05) is 11.6 Å². The molecular weight excluding hydrogens is 274 g/mol. The maximum atomic E-state index is 11.5. The number of rotatable bonds is 3. The molecular formula is C12H14ClNO3S. The number of halogens is 1. The number of anilines is 1. The molecule has 0 aromatic heterocycles. The van der Waals surface area contributed by atoms with E-state index in [9.17, 15) is 13.2 Å². The van der Waals surface area contributed by atoms with E-state index in [2.05, 4.69) is 0 Å². The van der Waals surface area contributed by atoms with Crippen molar-refractivity contribution in [2.24, 2.45) is 0 Å². The Morgan fingerprint density at radius 1 is 1.44 bits per heavy atom. The van der Waals surface area contributed by atoms with E-state index in [0.29, 0.717) is 17.0 Å². The van der Waals surface area contributed by atoms with Crippen LogP contribution in [0, 0.1) is 0 Å². The van der Waals surface area contributed by atoms with Crippen molar-refractivity contribution < 1.29 is 13.2 Å². The van der Waals surface area contributed by atoms with Crippen molar-refractivity contribution in [3.05, 3.63) is 28.8 Å². The normalized spacial score (nSPS) is 21.8. The summed E-state index contributed by atoms with van der Waals surface area (Å²) >= 11 is 6.10. The first-order valence-electron chi connectivity index (χ1n) is 5.61. The standard InChI is InChI=1S/C12H14ClNO3S/c1-14(10-4-5-18(16,17)8-10)12-3-2-9(7-15)6-11(12)13/h2-3,6-7,10H,4-5,8H2,1H3. The fourth-order valence-electron chi connectivity index (χ4n) is 2.16. The van der Waals surface area contributed by atoms with E-state index in [1.165, 1.54) is 0 Å². The molecule has 0 radical (unpaired) electrons. The Labute approximate surface area is 111 Å². The molecule has 0 aliphatic carbocycles. The second kappa shape index (κ2) is 4.90. The molecule has 0 N–H and O–H groups in total. The van der Waals surface area contributed by atoms with Gasteiger partial charge in [0.25, 0.3) is 0 Å². The number of sulfone groups is 1. The van der Waals surface area contributed by atoms with Crippen LogP contribution < -0.4 is 4.90 Å². The fourth-order valence-corrected chi connectivity index (χ4v) is 4.26. The van der Waals surface area contributed by atoms with Gasteiger partial charge in [-0.15, -0.1) is 0 Å². The van der Waals surface area contributed by atoms with Crippen LogP contribution >= 0.6 is 11.6 Å². The summed E-state index contributed by atoms with van der Waals surface area (Å²) in [6.07, 6.45) is 1.35. The van der Waals surface area contributed by atoms with Crippen LogP contribution in [0.1, 0.15) is 16.8 Å². The van der Waals surface area contributed by atoms with Gasteiger partial charge < -0.3 is 4.90 Å². The molecule has 1 atom stereocenters. The molecule has 0 amide bonds. The van der Waals surface area contributed by atoms with E-state index in [-0.39, 0.29) is 17.5 Å². The quantitative estimate of drug-likeness (QED) is 0.795. The number of nitrogens with zero attached hydrogens (tertiary/aromatic N) is 1. The van der Waals surface area contributed by atoms with Crippen molar-refractivity contribution >= 4 is 33.4 Å². The van der Waals surface area contributed by atoms with Gasteiger partial charge in [0.05, 0.1) is 22.2 Å². The van der Waals surface area contributed by atoms with Crippen LogP contribution in [0.2, 0.25) is 5.02 Å². The average molecular weight is 288 g/mol. The largest absolute Gasteiger partial charge is 0.369 e. The highest BCUT2D eigenvalue weighted by Crippen LogP contribution is 2.29. The first-order valence-corrected chi connectivity index (χ1v) is 7.81. The topological polar surface area (TPSA) is 54.5 Å². The zero-order valence-electron chi connectivity index (χ0n) is 9.97. The van der Waals surface area contributed by atoms with Crippen molar-refractivity contribution in [1.82, 2.24) is 0 Å². The van der Waals surface area contributed by atoms with Gasteiger partial charge in [-0.05, 0) is 24.6 Å². The molecule has 1 heterocycles. The summed E-state index contributed by atoms with van der Waals surface area (Å²) in [6.45, 7) is 0. The molecule has 1 aromatic rings. The molecule has 4 nitrogen and oxygen atoms in total. The predicted octanol–water partition coefficient (Wildman–Crippen LogP) is 1.78. The first-order chi connectivity index (χ1) is 8.43. The van der Waals surface area contributed by atoms with Crippen molar-refractivity contribution in [2.45, 2.75) is 12.5 Å². The molecule has 18 heavy (non-hydrogen) atoms. The van der Waals surface area contributed by atoms with Gasteiger partial charge in [0.15, 0.2) is 9.84 Å². The van der Waals surface area contributed by atoms with Gasteiger partial charge in [-0.3, -0.25) is 4.79 Å². The molecule has 6 heteroatoms. The molecule has 1 aromatic carbocycles. The third kappa shape index (κ3) is 2.67. The minimum absolute atomic E-state index is 0.0467. The maximum absolute atomic E-state index is 11.5. The summed E-state index contributed by atoms with van der Waals surface area (Å²) < 4.78 is 22.9. The van der Waals surface area contributed by atoms with E-state index < -0.39 is 9.84 Å². The van der Waals surface area contributed by atoms with E-state index in [0.717, 1.165) is 12.0 Å². The lowest BCUT2D eigenvalue weighted by Crippen LogP contribution is -2.32. The fraction of sp³-hybridized carbons (Fsp3) is 0.417. The number of carbonyl (C=O) groups excluding carboxylic acids is 1. The van der Waals surface area contributed by atoms with Crippen LogP contribution in [0.4, 0.5) is 5.69 Å². The number of benzene rings is 1. The highest BCUT2D eigenvalue weighted by Gasteiger charge is 2.31. The van der Waals surface area contributed by atoms with Crippen molar-refractivity contribution in [3.63, 3.8) is 0 Å². The highest BCUT2D eigenvalue weighted by molar-refractivity contribution is 7.91. The van der Waals surface area contributed by atoms with E-state index in [1.54, 1.807) is 18.2 Å². The minimum Gasteiger partial charge on any atom is -0.369 e. The van der Waals surface area contributed by atoms with Crippen molar-refractivity contribution in [1.29, 1.82) is 0 Å². The van der Waals surface area contributed by atoms with E-state index in [4.69, 9.17) is 11.6 Å². The lowest BCUT2D eigenvalue weighted by Gasteiger charge is -2.26. The smallest absolute Gasteiger partial charge is 0.152 e. The molecule has 1 saturated heterocycles. The Hall–Kier alpha value is -1.07. The molecule has 1 aliphatic heterocycles. The summed E-state index contributed by atoms with van der Waals surface area (Å²) in [7, 11) is -1.09. The summed E-state index contributed by atoms with van der Waals surface area (Å²) in [5.74, 6) is 0.390. The monoisotopic (exact) mass is 287 g/mol. The van der Waals surface area contributed by atoms with Gasteiger partial charge in [-0.2, -0.15) is 0 Å². The third-order valence-electron chi connectivity index (χ3n) is 3.24. The number of hydrogen-bond acceptors (Lipinski definition) is 4. The zero-order chi connectivity index (χ0) is 13.3. The molecule has 0 spiro atoms. The Balaban J connectivity index is 2.24. The Bertz CT molecular complexity index is 571. The zero-order valence-corrected chi connectivity index (χ0v) is 11.5. The van der Waals surface area contributed by atoms with Gasteiger partial charge in [-0.25, -0.2) is 8.42 Å². The molecule has 2 rings (SSSR count). The van der Waals surface area contributed by atoms with Crippen molar-refractivity contribution in [2.75, 3.05) is 23.5 Å². The highest BCUT2D eigenvalue weighted by atomic mass is 35.5. The lowest BCUT2D eigenvalue weighted by atomic mass is 10.1. The SMILES string of the molecule is CN(c1ccc(C=O)cc1Cl)C1CCS(=O)(=O)C1. The second-order valence-electron chi connectivity index (χ2n) is 4.50. The number of aldehydes is 1. The molecule has 1 unspecified atom stereocenters. The lowest BCUT2D eigenvalue weighted by molar-refractivity contribution is 0.112. The Morgan fingerprint density at radius 2 is 2.17 bits per heavy atom. The van der Waals surface area contributed by atoms with Crippen LogP contribution in [-0.2, 0) is 9.84 Å². The molecule has 1 aliphatic rings. The van der Waals surface area contributed by atoms with E-state index >= 15 is 0 Å². The summed E-state index contributed by atoms with van der Waals surface area (Å²) in [5, 5.41) is 0.464. The van der Waals surface area contributed by atoms with Crippen molar-refractivity contribution in [3.8, 4) is 0 Å². The molecule has 0 saturated carbocycles. The van der Waals surface area contributed by atoms with Gasteiger partial charge in [0.2, 0.25) is 0 Å². The molecule has 1 fully saturated rings. The Kier molecular flexibility index (Phi) is 3.64. The predicted molar refractivity (Wildman–Crippen MR) is 72.3 cm³/mol. The Morgan fingerprint density at radius 3 is 2.67 bits per heavy atom. The van der Waals surface area contributed by atoms with Crippen LogP contribution in [0.25, 0.3) is 0 Å². The second-order valence-corrected chi connectivity index (χ2v) is 7.13. The van der Waals surface area contributed by atoms with Gasteiger partial charge in [0.1, 0.15) is 6.29 Å². The summed E-state index contributed by atoms with van der Waals surface area (Å²) in [4.78, 5) is 12.5. The summed E-state index contributed by atoms with van der Waals surface area (Å²) in [5.41, 5.74) is 1.26. The third-order valence-corrected chi connectivity index (χ3v) is 5.30. The van der Waals surface area contributed by atoms with Crippen LogP contribution in [0.15, 0.2) is 18.2 Å². The van der Waals surface area contributed by atoms with Crippen LogP contribution in [0.5, 0.6) is 0 Å².